The Labute approximate surface area is 132 Å². The van der Waals surface area contributed by atoms with Crippen molar-refractivity contribution in [2.45, 2.75) is 46.6 Å². The fourth-order valence-corrected chi connectivity index (χ4v) is 2.52. The summed E-state index contributed by atoms with van der Waals surface area (Å²) in [7, 11) is 0. The lowest BCUT2D eigenvalue weighted by Gasteiger charge is -2.15. The van der Waals surface area contributed by atoms with Gasteiger partial charge in [-0.2, -0.15) is 0 Å². The maximum atomic E-state index is 6.25. The Kier molecular flexibility index (Phi) is 8.35. The molecule has 1 N–H and O–H groups in total. The van der Waals surface area contributed by atoms with Crippen LogP contribution >= 0.6 is 23.2 Å². The van der Waals surface area contributed by atoms with Crippen LogP contribution in [0.25, 0.3) is 0 Å². The van der Waals surface area contributed by atoms with Gasteiger partial charge in [0.1, 0.15) is 5.75 Å². The zero-order valence-electron chi connectivity index (χ0n) is 12.6. The Morgan fingerprint density at radius 2 is 1.95 bits per heavy atom. The van der Waals surface area contributed by atoms with Crippen LogP contribution in [0.2, 0.25) is 10.0 Å². The van der Waals surface area contributed by atoms with E-state index in [4.69, 9.17) is 27.9 Å². The number of unbranched alkanes of at least 4 members (excludes halogenated alkanes) is 2. The molecule has 1 rings (SSSR count). The van der Waals surface area contributed by atoms with Crippen LogP contribution in [0, 0.1) is 5.92 Å². The molecule has 0 unspecified atom stereocenters. The molecule has 20 heavy (non-hydrogen) atoms. The van der Waals surface area contributed by atoms with Gasteiger partial charge in [0.05, 0.1) is 11.6 Å². The van der Waals surface area contributed by atoms with Crippen molar-refractivity contribution < 1.29 is 4.74 Å². The zero-order valence-corrected chi connectivity index (χ0v) is 14.2. The van der Waals surface area contributed by atoms with E-state index in [0.717, 1.165) is 30.8 Å². The SMILES string of the molecule is CCCCCOc1c(Cl)cc(Cl)cc1CNCC(C)C. The first kappa shape index (κ1) is 17.6. The quantitative estimate of drug-likeness (QED) is 0.623. The summed E-state index contributed by atoms with van der Waals surface area (Å²) in [6, 6.07) is 3.67. The molecular formula is C16H25Cl2NO. The Bertz CT molecular complexity index is 408. The highest BCUT2D eigenvalue weighted by Crippen LogP contribution is 2.32. The molecule has 0 spiro atoms. The third kappa shape index (κ3) is 6.34. The molecule has 0 aliphatic rings. The monoisotopic (exact) mass is 317 g/mol. The molecule has 1 aromatic rings. The number of hydrogen-bond donors (Lipinski definition) is 1. The molecule has 0 saturated heterocycles. The van der Waals surface area contributed by atoms with E-state index in [0.29, 0.717) is 22.6 Å². The third-order valence-electron chi connectivity index (χ3n) is 2.95. The lowest BCUT2D eigenvalue weighted by atomic mass is 10.1. The van der Waals surface area contributed by atoms with Gasteiger partial charge in [-0.25, -0.2) is 0 Å². The average Bonchev–Trinajstić information content (AvgIpc) is 2.36. The molecule has 0 atom stereocenters. The molecule has 114 valence electrons. The van der Waals surface area contributed by atoms with E-state index in [-0.39, 0.29) is 0 Å². The van der Waals surface area contributed by atoms with E-state index in [1.165, 1.54) is 12.8 Å². The van der Waals surface area contributed by atoms with Gasteiger partial charge in [-0.15, -0.1) is 0 Å². The minimum atomic E-state index is 0.593. The molecule has 0 saturated carbocycles. The van der Waals surface area contributed by atoms with Crippen LogP contribution in [0.3, 0.4) is 0 Å². The summed E-state index contributed by atoms with van der Waals surface area (Å²) in [5.74, 6) is 1.38. The lowest BCUT2D eigenvalue weighted by molar-refractivity contribution is 0.302. The topological polar surface area (TPSA) is 21.3 Å². The van der Waals surface area contributed by atoms with Crippen molar-refractivity contribution in [1.82, 2.24) is 5.32 Å². The van der Waals surface area contributed by atoms with Crippen LogP contribution in [0.1, 0.15) is 45.6 Å². The number of ether oxygens (including phenoxy) is 1. The molecule has 0 fully saturated rings. The van der Waals surface area contributed by atoms with E-state index >= 15 is 0 Å². The Morgan fingerprint density at radius 3 is 2.60 bits per heavy atom. The minimum Gasteiger partial charge on any atom is -0.492 e. The minimum absolute atomic E-state index is 0.593. The molecule has 0 aliphatic carbocycles. The maximum Gasteiger partial charge on any atom is 0.142 e. The van der Waals surface area contributed by atoms with Gasteiger partial charge in [0.2, 0.25) is 0 Å². The molecule has 1 aromatic carbocycles. The summed E-state index contributed by atoms with van der Waals surface area (Å²) >= 11 is 12.3. The maximum absolute atomic E-state index is 6.25. The first-order valence-electron chi connectivity index (χ1n) is 7.36. The summed E-state index contributed by atoms with van der Waals surface area (Å²) in [4.78, 5) is 0. The van der Waals surface area contributed by atoms with Crippen molar-refractivity contribution >= 4 is 23.2 Å². The Morgan fingerprint density at radius 1 is 1.20 bits per heavy atom. The predicted molar refractivity (Wildman–Crippen MR) is 88.0 cm³/mol. The van der Waals surface area contributed by atoms with Crippen molar-refractivity contribution in [2.75, 3.05) is 13.2 Å². The highest BCUT2D eigenvalue weighted by Gasteiger charge is 2.11. The van der Waals surface area contributed by atoms with Crippen LogP contribution in [0.5, 0.6) is 5.75 Å². The normalized spacial score (nSPS) is 11.1. The molecule has 2 nitrogen and oxygen atoms in total. The van der Waals surface area contributed by atoms with Gasteiger partial charge >= 0.3 is 0 Å². The third-order valence-corrected chi connectivity index (χ3v) is 3.45. The molecule has 0 heterocycles. The second-order valence-electron chi connectivity index (χ2n) is 5.46. The van der Waals surface area contributed by atoms with Crippen LogP contribution in [0.15, 0.2) is 12.1 Å². The van der Waals surface area contributed by atoms with E-state index in [9.17, 15) is 0 Å². The summed E-state index contributed by atoms with van der Waals surface area (Å²) in [5, 5.41) is 4.64. The largest absolute Gasteiger partial charge is 0.492 e. The zero-order chi connectivity index (χ0) is 15.0. The summed E-state index contributed by atoms with van der Waals surface area (Å²) in [5.41, 5.74) is 1.03. The van der Waals surface area contributed by atoms with Crippen molar-refractivity contribution in [3.8, 4) is 5.75 Å². The van der Waals surface area contributed by atoms with E-state index in [1.807, 2.05) is 6.07 Å². The molecule has 0 radical (unpaired) electrons. The number of halogens is 2. The van der Waals surface area contributed by atoms with Gasteiger partial charge in [0.15, 0.2) is 0 Å². The number of hydrogen-bond acceptors (Lipinski definition) is 2. The van der Waals surface area contributed by atoms with E-state index < -0.39 is 0 Å². The highest BCUT2D eigenvalue weighted by atomic mass is 35.5. The first-order chi connectivity index (χ1) is 9.54. The number of benzene rings is 1. The van der Waals surface area contributed by atoms with Crippen LogP contribution in [-0.2, 0) is 6.54 Å². The van der Waals surface area contributed by atoms with Crippen LogP contribution in [-0.4, -0.2) is 13.2 Å². The van der Waals surface area contributed by atoms with Gasteiger partial charge in [0, 0.05) is 17.1 Å². The van der Waals surface area contributed by atoms with Gasteiger partial charge in [-0.3, -0.25) is 0 Å². The first-order valence-corrected chi connectivity index (χ1v) is 8.11. The van der Waals surface area contributed by atoms with E-state index in [2.05, 4.69) is 26.1 Å². The van der Waals surface area contributed by atoms with E-state index in [1.54, 1.807) is 6.07 Å². The summed E-state index contributed by atoms with van der Waals surface area (Å²) in [6.45, 7) is 8.92. The summed E-state index contributed by atoms with van der Waals surface area (Å²) in [6.07, 6.45) is 3.40. The van der Waals surface area contributed by atoms with Gasteiger partial charge in [-0.05, 0) is 31.0 Å². The second kappa shape index (κ2) is 9.49. The van der Waals surface area contributed by atoms with Gasteiger partial charge in [0.25, 0.3) is 0 Å². The smallest absolute Gasteiger partial charge is 0.142 e. The molecular weight excluding hydrogens is 293 g/mol. The van der Waals surface area contributed by atoms with Crippen LogP contribution < -0.4 is 10.1 Å². The standard InChI is InChI=1S/C16H25Cl2NO/c1-4-5-6-7-20-16-13(11-19-10-12(2)3)8-14(17)9-15(16)18/h8-9,12,19H,4-7,10-11H2,1-3H3. The molecule has 0 aliphatic heterocycles. The van der Waals surface area contributed by atoms with Gasteiger partial charge < -0.3 is 10.1 Å². The Balaban J connectivity index is 2.68. The van der Waals surface area contributed by atoms with Gasteiger partial charge in [-0.1, -0.05) is 56.8 Å². The molecule has 0 bridgehead atoms. The fourth-order valence-electron chi connectivity index (χ4n) is 1.93. The fraction of sp³-hybridized carbons (Fsp3) is 0.625. The molecule has 4 heteroatoms. The second-order valence-corrected chi connectivity index (χ2v) is 6.30. The predicted octanol–water partition coefficient (Wildman–Crippen LogP) is 5.31. The van der Waals surface area contributed by atoms with Crippen molar-refractivity contribution in [3.05, 3.63) is 27.7 Å². The summed E-state index contributed by atoms with van der Waals surface area (Å²) < 4.78 is 5.85. The average molecular weight is 318 g/mol. The van der Waals surface area contributed by atoms with Crippen molar-refractivity contribution in [1.29, 1.82) is 0 Å². The number of rotatable bonds is 9. The Hall–Kier alpha value is -0.440. The number of nitrogens with one attached hydrogen (secondary N) is 1. The van der Waals surface area contributed by atoms with Crippen LogP contribution in [0.4, 0.5) is 0 Å². The molecule has 0 amide bonds. The molecule has 0 aromatic heterocycles. The highest BCUT2D eigenvalue weighted by molar-refractivity contribution is 6.35. The van der Waals surface area contributed by atoms with Crippen molar-refractivity contribution in [2.24, 2.45) is 5.92 Å². The lowest BCUT2D eigenvalue weighted by Crippen LogP contribution is -2.19. The van der Waals surface area contributed by atoms with Crippen molar-refractivity contribution in [3.63, 3.8) is 0 Å².